The lowest BCUT2D eigenvalue weighted by molar-refractivity contribution is 0.302. The quantitative estimate of drug-likeness (QED) is 0.411. The minimum atomic E-state index is -0.165. The number of alkyl halides is 1. The van der Waals surface area contributed by atoms with E-state index < -0.39 is 0 Å². The summed E-state index contributed by atoms with van der Waals surface area (Å²) >= 11 is 3.40. The lowest BCUT2D eigenvalue weighted by Crippen LogP contribution is -2.11. The van der Waals surface area contributed by atoms with Gasteiger partial charge in [-0.3, -0.25) is 4.79 Å². The molecule has 4 nitrogen and oxygen atoms in total. The second kappa shape index (κ2) is 8.21. The van der Waals surface area contributed by atoms with Gasteiger partial charge in [0.2, 0.25) is 11.2 Å². The molecule has 0 N–H and O–H groups in total. The SMILES string of the molecule is COc1ccc2c(=O)c(OCCCCBr)c(-c3ccccc3)oc2c1. The van der Waals surface area contributed by atoms with Gasteiger partial charge in [0.05, 0.1) is 19.1 Å². The van der Waals surface area contributed by atoms with Crippen LogP contribution in [0.3, 0.4) is 0 Å². The van der Waals surface area contributed by atoms with Crippen molar-refractivity contribution >= 4 is 26.9 Å². The molecule has 0 atom stereocenters. The Kier molecular flexibility index (Phi) is 5.76. The maximum absolute atomic E-state index is 13.0. The Morgan fingerprint density at radius 2 is 1.88 bits per heavy atom. The molecule has 3 aromatic rings. The molecule has 130 valence electrons. The van der Waals surface area contributed by atoms with Crippen molar-refractivity contribution in [3.05, 3.63) is 58.8 Å². The van der Waals surface area contributed by atoms with Crippen LogP contribution < -0.4 is 14.9 Å². The van der Waals surface area contributed by atoms with E-state index in [0.29, 0.717) is 29.1 Å². The molecule has 0 saturated carbocycles. The molecule has 5 heteroatoms. The molecule has 3 rings (SSSR count). The molecule has 0 saturated heterocycles. The highest BCUT2D eigenvalue weighted by molar-refractivity contribution is 9.09. The van der Waals surface area contributed by atoms with Crippen molar-refractivity contribution in [1.29, 1.82) is 0 Å². The first kappa shape index (κ1) is 17.5. The molecule has 0 aliphatic heterocycles. The van der Waals surface area contributed by atoms with Crippen molar-refractivity contribution in [2.24, 2.45) is 0 Å². The van der Waals surface area contributed by atoms with Gasteiger partial charge in [0.15, 0.2) is 5.76 Å². The van der Waals surface area contributed by atoms with Gasteiger partial charge < -0.3 is 13.9 Å². The van der Waals surface area contributed by atoms with Gasteiger partial charge in [0, 0.05) is 17.0 Å². The van der Waals surface area contributed by atoms with E-state index in [4.69, 9.17) is 13.9 Å². The molecular weight excluding hydrogens is 384 g/mol. The summed E-state index contributed by atoms with van der Waals surface area (Å²) < 4.78 is 17.1. The van der Waals surface area contributed by atoms with Crippen molar-refractivity contribution in [3.63, 3.8) is 0 Å². The lowest BCUT2D eigenvalue weighted by Gasteiger charge is -2.12. The summed E-state index contributed by atoms with van der Waals surface area (Å²) in [4.78, 5) is 13.0. The van der Waals surface area contributed by atoms with Gasteiger partial charge in [-0.15, -0.1) is 0 Å². The Morgan fingerprint density at radius 1 is 1.08 bits per heavy atom. The molecule has 0 amide bonds. The van der Waals surface area contributed by atoms with Crippen LogP contribution in [0.15, 0.2) is 57.7 Å². The fourth-order valence-corrected chi connectivity index (χ4v) is 2.96. The van der Waals surface area contributed by atoms with Gasteiger partial charge in [0.1, 0.15) is 11.3 Å². The van der Waals surface area contributed by atoms with Crippen LogP contribution in [0.4, 0.5) is 0 Å². The first-order valence-electron chi connectivity index (χ1n) is 8.13. The zero-order chi connectivity index (χ0) is 17.6. The zero-order valence-corrected chi connectivity index (χ0v) is 15.5. The average Bonchev–Trinajstić information content (AvgIpc) is 2.66. The largest absolute Gasteiger partial charge is 0.497 e. The third kappa shape index (κ3) is 3.87. The van der Waals surface area contributed by atoms with E-state index in [1.54, 1.807) is 25.3 Å². The molecule has 0 fully saturated rings. The van der Waals surface area contributed by atoms with Gasteiger partial charge in [-0.05, 0) is 25.0 Å². The van der Waals surface area contributed by atoms with E-state index in [9.17, 15) is 4.79 Å². The number of hydrogen-bond acceptors (Lipinski definition) is 4. The van der Waals surface area contributed by atoms with Crippen LogP contribution >= 0.6 is 15.9 Å². The third-order valence-corrected chi connectivity index (χ3v) is 4.43. The average molecular weight is 403 g/mol. The third-order valence-electron chi connectivity index (χ3n) is 3.87. The summed E-state index contributed by atoms with van der Waals surface area (Å²) in [5.74, 6) is 1.35. The number of methoxy groups -OCH3 is 1. The molecule has 25 heavy (non-hydrogen) atoms. The number of benzene rings is 2. The second-order valence-electron chi connectivity index (χ2n) is 5.56. The van der Waals surface area contributed by atoms with Gasteiger partial charge in [-0.1, -0.05) is 46.3 Å². The number of fused-ring (bicyclic) bond motifs is 1. The van der Waals surface area contributed by atoms with E-state index >= 15 is 0 Å². The van der Waals surface area contributed by atoms with Crippen LogP contribution in [-0.4, -0.2) is 19.0 Å². The number of hydrogen-bond donors (Lipinski definition) is 0. The topological polar surface area (TPSA) is 48.7 Å². The molecule has 0 aliphatic carbocycles. The van der Waals surface area contributed by atoms with E-state index in [2.05, 4.69) is 15.9 Å². The van der Waals surface area contributed by atoms with Crippen molar-refractivity contribution < 1.29 is 13.9 Å². The van der Waals surface area contributed by atoms with Crippen molar-refractivity contribution in [2.75, 3.05) is 19.0 Å². The summed E-state index contributed by atoms with van der Waals surface area (Å²) in [7, 11) is 1.58. The second-order valence-corrected chi connectivity index (χ2v) is 6.36. The van der Waals surface area contributed by atoms with Crippen molar-refractivity contribution in [3.8, 4) is 22.8 Å². The van der Waals surface area contributed by atoms with Crippen LogP contribution in [0, 0.1) is 0 Å². The number of ether oxygens (including phenoxy) is 2. The Labute approximate surface area is 154 Å². The Bertz CT molecular complexity index is 903. The minimum Gasteiger partial charge on any atom is -0.497 e. The van der Waals surface area contributed by atoms with Gasteiger partial charge >= 0.3 is 0 Å². The van der Waals surface area contributed by atoms with Gasteiger partial charge in [-0.2, -0.15) is 0 Å². The molecule has 1 aromatic heterocycles. The van der Waals surface area contributed by atoms with E-state index in [1.165, 1.54) is 0 Å². The number of rotatable bonds is 7. The van der Waals surface area contributed by atoms with E-state index in [-0.39, 0.29) is 11.2 Å². The van der Waals surface area contributed by atoms with Gasteiger partial charge in [0.25, 0.3) is 0 Å². The van der Waals surface area contributed by atoms with Crippen LogP contribution in [0.1, 0.15) is 12.8 Å². The van der Waals surface area contributed by atoms with E-state index in [0.717, 1.165) is 23.7 Å². The number of unbranched alkanes of at least 4 members (excludes halogenated alkanes) is 1. The fourth-order valence-electron chi connectivity index (χ4n) is 2.56. The normalized spacial score (nSPS) is 10.8. The summed E-state index contributed by atoms with van der Waals surface area (Å²) in [5.41, 5.74) is 1.12. The highest BCUT2D eigenvalue weighted by Crippen LogP contribution is 2.32. The Hall–Kier alpha value is -2.27. The van der Waals surface area contributed by atoms with Crippen molar-refractivity contribution in [2.45, 2.75) is 12.8 Å². The van der Waals surface area contributed by atoms with Crippen LogP contribution in [0.25, 0.3) is 22.3 Å². The Balaban J connectivity index is 2.13. The predicted molar refractivity (Wildman–Crippen MR) is 103 cm³/mol. The zero-order valence-electron chi connectivity index (χ0n) is 14.0. The van der Waals surface area contributed by atoms with Gasteiger partial charge in [-0.25, -0.2) is 0 Å². The van der Waals surface area contributed by atoms with Crippen LogP contribution in [-0.2, 0) is 0 Å². The standard InChI is InChI=1S/C20H19BrO4/c1-23-15-9-10-16-17(13-15)25-19(14-7-3-2-4-8-14)20(18(16)22)24-12-6-5-11-21/h2-4,7-10,13H,5-6,11-12H2,1H3. The highest BCUT2D eigenvalue weighted by atomic mass is 79.9. The Morgan fingerprint density at radius 3 is 2.60 bits per heavy atom. The predicted octanol–water partition coefficient (Wildman–Crippen LogP) is 5.02. The first-order valence-corrected chi connectivity index (χ1v) is 9.25. The summed E-state index contributed by atoms with van der Waals surface area (Å²) in [6, 6.07) is 14.7. The highest BCUT2D eigenvalue weighted by Gasteiger charge is 2.18. The summed E-state index contributed by atoms with van der Waals surface area (Å²) in [5, 5.41) is 1.39. The molecule has 1 heterocycles. The number of halogens is 1. The summed E-state index contributed by atoms with van der Waals surface area (Å²) in [6.07, 6.45) is 1.84. The molecule has 2 aromatic carbocycles. The summed E-state index contributed by atoms with van der Waals surface area (Å²) in [6.45, 7) is 0.470. The molecule has 0 aliphatic rings. The van der Waals surface area contributed by atoms with Crippen LogP contribution in [0.2, 0.25) is 0 Å². The van der Waals surface area contributed by atoms with Crippen LogP contribution in [0.5, 0.6) is 11.5 Å². The maximum atomic E-state index is 13.0. The maximum Gasteiger partial charge on any atom is 0.235 e. The first-order chi connectivity index (χ1) is 12.2. The van der Waals surface area contributed by atoms with E-state index in [1.807, 2.05) is 30.3 Å². The molecular formula is C20H19BrO4. The smallest absolute Gasteiger partial charge is 0.235 e. The fraction of sp³-hybridized carbons (Fsp3) is 0.250. The lowest BCUT2D eigenvalue weighted by atomic mass is 10.1. The van der Waals surface area contributed by atoms with Crippen molar-refractivity contribution in [1.82, 2.24) is 0 Å². The minimum absolute atomic E-state index is 0.165. The molecule has 0 spiro atoms. The molecule has 0 unspecified atom stereocenters. The molecule has 0 bridgehead atoms. The molecule has 0 radical (unpaired) electrons. The monoisotopic (exact) mass is 402 g/mol.